The number of anilines is 1. The fourth-order valence-corrected chi connectivity index (χ4v) is 4.24. The van der Waals surface area contributed by atoms with E-state index in [0.29, 0.717) is 36.4 Å². The standard InChI is InChI=1S/C22H27N5O3/c1-4-10-27-18(15-17-19(27)23(2)22(30)24(3)20(17)28)21(29)26-13-11-25(12-14-26)16-8-6-5-7-9-16/h5-9,15H,4,10-14H2,1-3H3. The number of carbonyl (C=O) groups excluding carboxylic acids is 1. The molecule has 1 saturated heterocycles. The predicted octanol–water partition coefficient (Wildman–Crippen LogP) is 1.41. The molecule has 8 heteroatoms. The van der Waals surface area contributed by atoms with Gasteiger partial charge in [-0.25, -0.2) is 4.79 Å². The van der Waals surface area contributed by atoms with Gasteiger partial charge in [-0.05, 0) is 24.6 Å². The van der Waals surface area contributed by atoms with E-state index < -0.39 is 5.69 Å². The highest BCUT2D eigenvalue weighted by molar-refractivity contribution is 5.98. The number of rotatable bonds is 4. The Labute approximate surface area is 174 Å². The van der Waals surface area contributed by atoms with Crippen LogP contribution in [-0.4, -0.2) is 50.7 Å². The largest absolute Gasteiger partial charge is 0.368 e. The number of benzene rings is 1. The van der Waals surface area contributed by atoms with Crippen molar-refractivity contribution in [1.29, 1.82) is 0 Å². The zero-order valence-electron chi connectivity index (χ0n) is 17.7. The van der Waals surface area contributed by atoms with Crippen LogP contribution < -0.4 is 16.1 Å². The molecule has 8 nitrogen and oxygen atoms in total. The lowest BCUT2D eigenvalue weighted by molar-refractivity contribution is 0.0736. The molecule has 4 rings (SSSR count). The molecule has 0 spiro atoms. The number of piperazine rings is 1. The number of aromatic nitrogens is 3. The number of aryl methyl sites for hydroxylation is 2. The van der Waals surface area contributed by atoms with Gasteiger partial charge < -0.3 is 14.4 Å². The van der Waals surface area contributed by atoms with E-state index in [-0.39, 0.29) is 11.5 Å². The Kier molecular flexibility index (Phi) is 5.24. The van der Waals surface area contributed by atoms with Gasteiger partial charge in [-0.1, -0.05) is 25.1 Å². The summed E-state index contributed by atoms with van der Waals surface area (Å²) in [6, 6.07) is 11.8. The molecular weight excluding hydrogens is 382 g/mol. The van der Waals surface area contributed by atoms with Crippen LogP contribution in [0.4, 0.5) is 5.69 Å². The van der Waals surface area contributed by atoms with Gasteiger partial charge >= 0.3 is 5.69 Å². The lowest BCUT2D eigenvalue weighted by Gasteiger charge is -2.36. The van der Waals surface area contributed by atoms with Crippen molar-refractivity contribution in [2.75, 3.05) is 31.1 Å². The van der Waals surface area contributed by atoms with Crippen molar-refractivity contribution in [3.05, 3.63) is 62.9 Å². The lowest BCUT2D eigenvalue weighted by Crippen LogP contribution is -2.49. The van der Waals surface area contributed by atoms with Gasteiger partial charge in [-0.15, -0.1) is 0 Å². The van der Waals surface area contributed by atoms with Crippen LogP contribution in [0.2, 0.25) is 0 Å². The summed E-state index contributed by atoms with van der Waals surface area (Å²) in [5, 5.41) is 0.402. The molecule has 30 heavy (non-hydrogen) atoms. The van der Waals surface area contributed by atoms with Gasteiger partial charge in [-0.3, -0.25) is 18.7 Å². The molecule has 2 aromatic heterocycles. The number of hydrogen-bond acceptors (Lipinski definition) is 4. The second kappa shape index (κ2) is 7.85. The Bertz CT molecular complexity index is 1200. The van der Waals surface area contributed by atoms with Gasteiger partial charge in [0.15, 0.2) is 0 Å². The van der Waals surface area contributed by atoms with Gasteiger partial charge in [0.2, 0.25) is 0 Å². The maximum Gasteiger partial charge on any atom is 0.332 e. The maximum absolute atomic E-state index is 13.4. The average molecular weight is 409 g/mol. The fourth-order valence-electron chi connectivity index (χ4n) is 4.24. The Morgan fingerprint density at radius 2 is 1.63 bits per heavy atom. The number of nitrogens with zero attached hydrogens (tertiary/aromatic N) is 5. The van der Waals surface area contributed by atoms with Crippen LogP contribution in [0.1, 0.15) is 23.8 Å². The molecule has 1 amide bonds. The van der Waals surface area contributed by atoms with Crippen LogP contribution in [0.5, 0.6) is 0 Å². The molecule has 0 N–H and O–H groups in total. The first-order chi connectivity index (χ1) is 14.4. The molecule has 0 saturated carbocycles. The van der Waals surface area contributed by atoms with Crippen molar-refractivity contribution >= 4 is 22.6 Å². The van der Waals surface area contributed by atoms with Crippen LogP contribution in [0.25, 0.3) is 11.0 Å². The Balaban J connectivity index is 1.68. The first-order valence-electron chi connectivity index (χ1n) is 10.3. The molecule has 0 unspecified atom stereocenters. The third-order valence-corrected chi connectivity index (χ3v) is 5.85. The lowest BCUT2D eigenvalue weighted by atomic mass is 10.2. The molecular formula is C22H27N5O3. The van der Waals surface area contributed by atoms with Gasteiger partial charge in [-0.2, -0.15) is 0 Å². The maximum atomic E-state index is 13.4. The van der Waals surface area contributed by atoms with Gasteiger partial charge in [0.1, 0.15) is 11.3 Å². The van der Waals surface area contributed by atoms with E-state index in [1.54, 1.807) is 13.1 Å². The minimum absolute atomic E-state index is 0.0955. The fraction of sp³-hybridized carbons (Fsp3) is 0.409. The molecule has 1 aliphatic rings. The number of hydrogen-bond donors (Lipinski definition) is 0. The Hall–Kier alpha value is -3.29. The second-order valence-electron chi connectivity index (χ2n) is 7.74. The quantitative estimate of drug-likeness (QED) is 0.653. The molecule has 0 atom stereocenters. The molecule has 0 radical (unpaired) electrons. The summed E-state index contributed by atoms with van der Waals surface area (Å²) in [5.41, 5.74) is 1.38. The van der Waals surface area contributed by atoms with E-state index in [2.05, 4.69) is 17.0 Å². The normalized spacial score (nSPS) is 14.5. The van der Waals surface area contributed by atoms with Gasteiger partial charge in [0.05, 0.1) is 5.39 Å². The van der Waals surface area contributed by atoms with Crippen molar-refractivity contribution in [1.82, 2.24) is 18.6 Å². The Morgan fingerprint density at radius 1 is 0.967 bits per heavy atom. The highest BCUT2D eigenvalue weighted by Gasteiger charge is 2.27. The molecule has 0 bridgehead atoms. The minimum atomic E-state index is -0.390. The summed E-state index contributed by atoms with van der Waals surface area (Å²) in [5.74, 6) is -0.0955. The van der Waals surface area contributed by atoms with Crippen LogP contribution in [-0.2, 0) is 20.6 Å². The van der Waals surface area contributed by atoms with Crippen molar-refractivity contribution < 1.29 is 4.79 Å². The number of amides is 1. The van der Waals surface area contributed by atoms with Crippen molar-refractivity contribution in [2.45, 2.75) is 19.9 Å². The molecule has 1 aliphatic heterocycles. The molecule has 1 fully saturated rings. The van der Waals surface area contributed by atoms with E-state index in [9.17, 15) is 14.4 Å². The summed E-state index contributed by atoms with van der Waals surface area (Å²) in [6.07, 6.45) is 0.787. The summed E-state index contributed by atoms with van der Waals surface area (Å²) >= 11 is 0. The predicted molar refractivity (Wildman–Crippen MR) is 117 cm³/mol. The highest BCUT2D eigenvalue weighted by atomic mass is 16.2. The summed E-state index contributed by atoms with van der Waals surface area (Å²) < 4.78 is 4.37. The van der Waals surface area contributed by atoms with Crippen LogP contribution >= 0.6 is 0 Å². The topological polar surface area (TPSA) is 72.5 Å². The van der Waals surface area contributed by atoms with E-state index in [1.807, 2.05) is 34.6 Å². The molecule has 0 aliphatic carbocycles. The summed E-state index contributed by atoms with van der Waals surface area (Å²) in [4.78, 5) is 42.6. The van der Waals surface area contributed by atoms with Crippen molar-refractivity contribution in [3.8, 4) is 0 Å². The SMILES string of the molecule is CCCn1c(C(=O)N2CCN(c3ccccc3)CC2)cc2c(=O)n(C)c(=O)n(C)c21. The first-order valence-corrected chi connectivity index (χ1v) is 10.3. The Morgan fingerprint density at radius 3 is 2.27 bits per heavy atom. The van der Waals surface area contributed by atoms with E-state index >= 15 is 0 Å². The van der Waals surface area contributed by atoms with E-state index in [1.165, 1.54) is 11.6 Å². The third-order valence-electron chi connectivity index (χ3n) is 5.85. The zero-order chi connectivity index (χ0) is 21.4. The van der Waals surface area contributed by atoms with Crippen LogP contribution in [0.3, 0.4) is 0 Å². The monoisotopic (exact) mass is 409 g/mol. The molecule has 1 aromatic carbocycles. The van der Waals surface area contributed by atoms with Crippen molar-refractivity contribution in [2.24, 2.45) is 14.1 Å². The van der Waals surface area contributed by atoms with Crippen LogP contribution in [0.15, 0.2) is 46.0 Å². The van der Waals surface area contributed by atoms with Crippen LogP contribution in [0, 0.1) is 0 Å². The zero-order valence-corrected chi connectivity index (χ0v) is 17.7. The first kappa shape index (κ1) is 20.0. The second-order valence-corrected chi connectivity index (χ2v) is 7.74. The third kappa shape index (κ3) is 3.22. The number of fused-ring (bicyclic) bond motifs is 1. The van der Waals surface area contributed by atoms with E-state index in [0.717, 1.165) is 29.8 Å². The summed E-state index contributed by atoms with van der Waals surface area (Å²) in [6.45, 7) is 5.30. The molecule has 3 aromatic rings. The number of para-hydroxylation sites is 1. The van der Waals surface area contributed by atoms with Gasteiger partial charge in [0.25, 0.3) is 11.5 Å². The van der Waals surface area contributed by atoms with Crippen molar-refractivity contribution in [3.63, 3.8) is 0 Å². The molecule has 3 heterocycles. The molecule has 158 valence electrons. The highest BCUT2D eigenvalue weighted by Crippen LogP contribution is 2.20. The minimum Gasteiger partial charge on any atom is -0.368 e. The van der Waals surface area contributed by atoms with Gasteiger partial charge in [0, 0.05) is 52.5 Å². The average Bonchev–Trinajstić information content (AvgIpc) is 3.16. The summed E-state index contributed by atoms with van der Waals surface area (Å²) in [7, 11) is 3.11. The number of carbonyl (C=O) groups is 1. The smallest absolute Gasteiger partial charge is 0.332 e. The van der Waals surface area contributed by atoms with E-state index in [4.69, 9.17) is 0 Å².